The second-order valence-corrected chi connectivity index (χ2v) is 4.75. The average molecular weight is 275 g/mol. The summed E-state index contributed by atoms with van der Waals surface area (Å²) in [5.74, 6) is -0.362. The molecule has 6 nitrogen and oxygen atoms in total. The van der Waals surface area contributed by atoms with Gasteiger partial charge in [0.05, 0.1) is 32.2 Å². The third-order valence-electron chi connectivity index (χ3n) is 3.51. The van der Waals surface area contributed by atoms with Gasteiger partial charge >= 0.3 is 5.97 Å². The van der Waals surface area contributed by atoms with Crippen molar-refractivity contribution in [2.45, 2.75) is 6.54 Å². The largest absolute Gasteiger partial charge is 0.465 e. The third kappa shape index (κ3) is 2.39. The van der Waals surface area contributed by atoms with E-state index in [-0.39, 0.29) is 5.97 Å². The fourth-order valence-electron chi connectivity index (χ4n) is 2.44. The highest BCUT2D eigenvalue weighted by molar-refractivity contribution is 5.95. The van der Waals surface area contributed by atoms with Gasteiger partial charge in [0, 0.05) is 25.8 Å². The Morgan fingerprint density at radius 3 is 3.00 bits per heavy atom. The van der Waals surface area contributed by atoms with Crippen molar-refractivity contribution in [2.24, 2.45) is 0 Å². The Morgan fingerprint density at radius 1 is 1.45 bits per heavy atom. The van der Waals surface area contributed by atoms with Crippen LogP contribution in [0.3, 0.4) is 0 Å². The normalized spacial score (nSPS) is 16.4. The predicted octanol–water partition coefficient (Wildman–Crippen LogP) is 0.953. The van der Waals surface area contributed by atoms with Gasteiger partial charge in [0.2, 0.25) is 0 Å². The number of aromatic nitrogens is 2. The number of methoxy groups -OCH3 is 1. The van der Waals surface area contributed by atoms with Gasteiger partial charge in [-0.1, -0.05) is 0 Å². The molecule has 20 heavy (non-hydrogen) atoms. The van der Waals surface area contributed by atoms with Gasteiger partial charge in [-0.2, -0.15) is 0 Å². The number of ether oxygens (including phenoxy) is 2. The topological polar surface area (TPSA) is 56.1 Å². The Balaban J connectivity index is 1.91. The number of carbonyl (C=O) groups is 1. The molecule has 1 fully saturated rings. The minimum atomic E-state index is -0.362. The molecule has 0 atom stereocenters. The summed E-state index contributed by atoms with van der Waals surface area (Å²) in [4.78, 5) is 18.4. The summed E-state index contributed by atoms with van der Waals surface area (Å²) in [7, 11) is 1.38. The highest BCUT2D eigenvalue weighted by Gasteiger charge is 2.16. The molecule has 2 aromatic heterocycles. The first kappa shape index (κ1) is 13.1. The van der Waals surface area contributed by atoms with Gasteiger partial charge < -0.3 is 13.9 Å². The monoisotopic (exact) mass is 275 g/mol. The number of carbonyl (C=O) groups excluding carboxylic acids is 1. The van der Waals surface area contributed by atoms with Gasteiger partial charge in [-0.05, 0) is 12.1 Å². The molecule has 106 valence electrons. The van der Waals surface area contributed by atoms with E-state index >= 15 is 0 Å². The molecule has 3 rings (SSSR count). The van der Waals surface area contributed by atoms with Crippen molar-refractivity contribution in [3.63, 3.8) is 0 Å². The quantitative estimate of drug-likeness (QED) is 0.781. The zero-order valence-corrected chi connectivity index (χ0v) is 11.4. The smallest absolute Gasteiger partial charge is 0.341 e. The van der Waals surface area contributed by atoms with Crippen LogP contribution in [0.1, 0.15) is 16.1 Å². The van der Waals surface area contributed by atoms with Crippen LogP contribution in [0.25, 0.3) is 5.65 Å². The van der Waals surface area contributed by atoms with E-state index in [0.717, 1.165) is 38.5 Å². The second kappa shape index (κ2) is 5.60. The first-order valence-electron chi connectivity index (χ1n) is 6.63. The summed E-state index contributed by atoms with van der Waals surface area (Å²) in [5.41, 5.74) is 2.19. The van der Waals surface area contributed by atoms with Crippen molar-refractivity contribution < 1.29 is 14.3 Å². The van der Waals surface area contributed by atoms with Crippen LogP contribution in [0.4, 0.5) is 0 Å². The molecule has 0 saturated carbocycles. The lowest BCUT2D eigenvalue weighted by Gasteiger charge is -2.26. The standard InChI is InChI=1S/C14H17N3O3/c1-19-14(18)12-3-2-4-17-11(9-15-13(12)17)10-16-5-7-20-8-6-16/h2-4,9H,5-8,10H2,1H3. The van der Waals surface area contributed by atoms with Crippen molar-refractivity contribution in [2.75, 3.05) is 33.4 Å². The Hall–Kier alpha value is -1.92. The molecule has 0 unspecified atom stereocenters. The van der Waals surface area contributed by atoms with E-state index in [1.807, 2.05) is 22.9 Å². The van der Waals surface area contributed by atoms with Crippen molar-refractivity contribution in [3.8, 4) is 0 Å². The van der Waals surface area contributed by atoms with Gasteiger partial charge in [-0.25, -0.2) is 9.78 Å². The Kier molecular flexibility index (Phi) is 3.66. The minimum Gasteiger partial charge on any atom is -0.465 e. The number of rotatable bonds is 3. The zero-order valence-electron chi connectivity index (χ0n) is 11.4. The number of pyridine rings is 1. The Bertz CT molecular complexity index is 617. The van der Waals surface area contributed by atoms with Gasteiger partial charge in [0.1, 0.15) is 5.56 Å². The minimum absolute atomic E-state index is 0.362. The summed E-state index contributed by atoms with van der Waals surface area (Å²) < 4.78 is 12.1. The van der Waals surface area contributed by atoms with Crippen LogP contribution in [-0.4, -0.2) is 53.7 Å². The van der Waals surface area contributed by atoms with E-state index in [0.29, 0.717) is 11.2 Å². The number of nitrogens with zero attached hydrogens (tertiary/aromatic N) is 3. The molecular formula is C14H17N3O3. The number of imidazole rings is 1. The van der Waals surface area contributed by atoms with Crippen molar-refractivity contribution in [3.05, 3.63) is 35.8 Å². The van der Waals surface area contributed by atoms with E-state index in [9.17, 15) is 4.79 Å². The van der Waals surface area contributed by atoms with Crippen molar-refractivity contribution >= 4 is 11.6 Å². The van der Waals surface area contributed by atoms with Crippen LogP contribution in [0.5, 0.6) is 0 Å². The number of hydrogen-bond acceptors (Lipinski definition) is 5. The molecule has 2 aromatic rings. The predicted molar refractivity (Wildman–Crippen MR) is 72.6 cm³/mol. The van der Waals surface area contributed by atoms with Gasteiger partial charge in [0.15, 0.2) is 5.65 Å². The molecule has 0 amide bonds. The van der Waals surface area contributed by atoms with E-state index in [1.165, 1.54) is 7.11 Å². The highest BCUT2D eigenvalue weighted by Crippen LogP contribution is 2.15. The third-order valence-corrected chi connectivity index (χ3v) is 3.51. The number of morpholine rings is 1. The maximum atomic E-state index is 11.7. The molecule has 0 radical (unpaired) electrons. The summed E-state index contributed by atoms with van der Waals surface area (Å²) in [6, 6.07) is 3.57. The van der Waals surface area contributed by atoms with Crippen molar-refractivity contribution in [1.29, 1.82) is 0 Å². The fraction of sp³-hybridized carbons (Fsp3) is 0.429. The highest BCUT2D eigenvalue weighted by atomic mass is 16.5. The van der Waals surface area contributed by atoms with Crippen LogP contribution in [0.15, 0.2) is 24.5 Å². The molecule has 0 N–H and O–H groups in total. The number of hydrogen-bond donors (Lipinski definition) is 0. The van der Waals surface area contributed by atoms with Crippen molar-refractivity contribution in [1.82, 2.24) is 14.3 Å². The van der Waals surface area contributed by atoms with Crippen LogP contribution in [0, 0.1) is 0 Å². The van der Waals surface area contributed by atoms with Crippen LogP contribution < -0.4 is 0 Å². The molecular weight excluding hydrogens is 258 g/mol. The Labute approximate surface area is 116 Å². The molecule has 1 saturated heterocycles. The molecule has 1 aliphatic heterocycles. The van der Waals surface area contributed by atoms with E-state index in [1.54, 1.807) is 6.07 Å². The van der Waals surface area contributed by atoms with E-state index in [4.69, 9.17) is 9.47 Å². The maximum absolute atomic E-state index is 11.7. The second-order valence-electron chi connectivity index (χ2n) is 4.75. The first-order chi connectivity index (χ1) is 9.79. The summed E-state index contributed by atoms with van der Waals surface area (Å²) in [6.45, 7) is 4.18. The molecule has 1 aliphatic rings. The first-order valence-corrected chi connectivity index (χ1v) is 6.63. The lowest BCUT2D eigenvalue weighted by atomic mass is 10.2. The average Bonchev–Trinajstić information content (AvgIpc) is 2.91. The lowest BCUT2D eigenvalue weighted by molar-refractivity contribution is 0.0335. The maximum Gasteiger partial charge on any atom is 0.341 e. The van der Waals surface area contributed by atoms with E-state index < -0.39 is 0 Å². The number of esters is 1. The van der Waals surface area contributed by atoms with Crippen LogP contribution >= 0.6 is 0 Å². The summed E-state index contributed by atoms with van der Waals surface area (Å²) in [5, 5.41) is 0. The van der Waals surface area contributed by atoms with Gasteiger partial charge in [-0.15, -0.1) is 0 Å². The zero-order chi connectivity index (χ0) is 13.9. The molecule has 0 bridgehead atoms. The molecule has 0 spiro atoms. The molecule has 0 aliphatic carbocycles. The SMILES string of the molecule is COC(=O)c1cccn2c(CN3CCOCC3)cnc12. The van der Waals surface area contributed by atoms with E-state index in [2.05, 4.69) is 9.88 Å². The Morgan fingerprint density at radius 2 is 2.25 bits per heavy atom. The van der Waals surface area contributed by atoms with Gasteiger partial charge in [0.25, 0.3) is 0 Å². The molecule has 0 aromatic carbocycles. The summed E-state index contributed by atoms with van der Waals surface area (Å²) >= 11 is 0. The van der Waals surface area contributed by atoms with Gasteiger partial charge in [-0.3, -0.25) is 4.90 Å². The molecule has 6 heteroatoms. The fourth-order valence-corrected chi connectivity index (χ4v) is 2.44. The molecule has 3 heterocycles. The number of fused-ring (bicyclic) bond motifs is 1. The summed E-state index contributed by atoms with van der Waals surface area (Å²) in [6.07, 6.45) is 3.74. The lowest BCUT2D eigenvalue weighted by Crippen LogP contribution is -2.35. The van der Waals surface area contributed by atoms with Crippen LogP contribution in [-0.2, 0) is 16.0 Å². The van der Waals surface area contributed by atoms with Crippen LogP contribution in [0.2, 0.25) is 0 Å².